The highest BCUT2D eigenvalue weighted by atomic mass is 16.3. The Hall–Kier alpha value is -2.37. The number of nitrogens with zero attached hydrogens (tertiary/aromatic N) is 5. The third-order valence-electron chi connectivity index (χ3n) is 3.91. The number of hydrogen-bond acceptors (Lipinski definition) is 5. The van der Waals surface area contributed by atoms with E-state index in [0.717, 1.165) is 40.7 Å². The smallest absolute Gasteiger partial charge is 0.158 e. The molecule has 0 saturated carbocycles. The van der Waals surface area contributed by atoms with Gasteiger partial charge in [0.05, 0.1) is 18.5 Å². The Bertz CT molecular complexity index is 804. The first kappa shape index (κ1) is 15.5. The molecule has 0 fully saturated rings. The Morgan fingerprint density at radius 1 is 1.30 bits per heavy atom. The third-order valence-corrected chi connectivity index (χ3v) is 3.91. The summed E-state index contributed by atoms with van der Waals surface area (Å²) in [5.74, 6) is 2.92. The summed E-state index contributed by atoms with van der Waals surface area (Å²) >= 11 is 0. The summed E-state index contributed by atoms with van der Waals surface area (Å²) in [6, 6.07) is 3.87. The summed E-state index contributed by atoms with van der Waals surface area (Å²) < 4.78 is 7.44. The molecule has 6 heteroatoms. The first-order valence-electron chi connectivity index (χ1n) is 7.99. The van der Waals surface area contributed by atoms with E-state index >= 15 is 0 Å². The molecule has 0 spiro atoms. The van der Waals surface area contributed by atoms with E-state index in [1.54, 1.807) is 6.26 Å². The standard InChI is InChI=1S/C17H23N5O/c1-6-22-15-14(12(4)20-22)18-16(11(2)3)19-17(15)21(5)10-13-8-7-9-23-13/h7-9,11H,6,10H2,1-5H3. The quantitative estimate of drug-likeness (QED) is 0.721. The molecular weight excluding hydrogens is 290 g/mol. The zero-order valence-corrected chi connectivity index (χ0v) is 14.4. The summed E-state index contributed by atoms with van der Waals surface area (Å²) in [5, 5.41) is 4.61. The maximum Gasteiger partial charge on any atom is 0.158 e. The average Bonchev–Trinajstić information content (AvgIpc) is 3.14. The van der Waals surface area contributed by atoms with Crippen LogP contribution in [-0.4, -0.2) is 26.8 Å². The highest BCUT2D eigenvalue weighted by molar-refractivity contribution is 5.88. The number of furan rings is 1. The fourth-order valence-electron chi connectivity index (χ4n) is 2.69. The van der Waals surface area contributed by atoms with Gasteiger partial charge in [0.15, 0.2) is 5.82 Å². The number of fused-ring (bicyclic) bond motifs is 1. The van der Waals surface area contributed by atoms with Crippen molar-refractivity contribution < 1.29 is 4.42 Å². The molecule has 0 bridgehead atoms. The van der Waals surface area contributed by atoms with Gasteiger partial charge in [0.1, 0.15) is 22.6 Å². The number of hydrogen-bond donors (Lipinski definition) is 0. The van der Waals surface area contributed by atoms with Gasteiger partial charge in [-0.05, 0) is 26.0 Å². The molecule has 0 N–H and O–H groups in total. The van der Waals surface area contributed by atoms with Crippen molar-refractivity contribution in [3.63, 3.8) is 0 Å². The number of aromatic nitrogens is 4. The molecule has 0 aliphatic carbocycles. The molecule has 3 aromatic rings. The maximum atomic E-state index is 5.47. The van der Waals surface area contributed by atoms with Gasteiger partial charge in [0, 0.05) is 19.5 Å². The van der Waals surface area contributed by atoms with Gasteiger partial charge in [-0.2, -0.15) is 5.10 Å². The molecule has 122 valence electrons. The fraction of sp³-hybridized carbons (Fsp3) is 0.471. The minimum absolute atomic E-state index is 0.263. The van der Waals surface area contributed by atoms with Gasteiger partial charge in [-0.3, -0.25) is 4.68 Å². The van der Waals surface area contributed by atoms with E-state index in [2.05, 4.69) is 30.8 Å². The Balaban J connectivity index is 2.15. The fourth-order valence-corrected chi connectivity index (χ4v) is 2.69. The highest BCUT2D eigenvalue weighted by Gasteiger charge is 2.20. The second-order valence-electron chi connectivity index (χ2n) is 6.09. The molecule has 0 aliphatic heterocycles. The van der Waals surface area contributed by atoms with E-state index in [4.69, 9.17) is 14.4 Å². The van der Waals surface area contributed by atoms with E-state index in [9.17, 15) is 0 Å². The van der Waals surface area contributed by atoms with Crippen LogP contribution in [-0.2, 0) is 13.1 Å². The van der Waals surface area contributed by atoms with Crippen molar-refractivity contribution >= 4 is 16.9 Å². The first-order chi connectivity index (χ1) is 11.0. The lowest BCUT2D eigenvalue weighted by molar-refractivity contribution is 0.506. The normalized spacial score (nSPS) is 11.6. The number of rotatable bonds is 5. The predicted molar refractivity (Wildman–Crippen MR) is 90.6 cm³/mol. The molecule has 23 heavy (non-hydrogen) atoms. The van der Waals surface area contributed by atoms with Crippen LogP contribution in [0.1, 0.15) is 44.0 Å². The van der Waals surface area contributed by atoms with Crippen molar-refractivity contribution in [1.29, 1.82) is 0 Å². The van der Waals surface area contributed by atoms with Crippen molar-refractivity contribution in [2.75, 3.05) is 11.9 Å². The molecule has 0 unspecified atom stereocenters. The Kier molecular flexibility index (Phi) is 4.07. The molecular formula is C17H23N5O. The largest absolute Gasteiger partial charge is 0.467 e. The molecule has 0 saturated heterocycles. The SMILES string of the molecule is CCn1nc(C)c2nc(C(C)C)nc(N(C)Cc3ccco3)c21. The first-order valence-corrected chi connectivity index (χ1v) is 7.99. The molecule has 0 aliphatic rings. The van der Waals surface area contributed by atoms with E-state index in [1.165, 1.54) is 0 Å². The zero-order valence-electron chi connectivity index (χ0n) is 14.4. The van der Waals surface area contributed by atoms with Gasteiger partial charge < -0.3 is 9.32 Å². The topological polar surface area (TPSA) is 60.0 Å². The van der Waals surface area contributed by atoms with Crippen LogP contribution in [0, 0.1) is 6.92 Å². The van der Waals surface area contributed by atoms with Crippen molar-refractivity contribution in [3.05, 3.63) is 35.7 Å². The molecule has 3 rings (SSSR count). The van der Waals surface area contributed by atoms with Crippen LogP contribution >= 0.6 is 0 Å². The van der Waals surface area contributed by atoms with Crippen LogP contribution in [0.15, 0.2) is 22.8 Å². The summed E-state index contributed by atoms with van der Waals surface area (Å²) in [6.45, 7) is 9.75. The van der Waals surface area contributed by atoms with Gasteiger partial charge in [0.25, 0.3) is 0 Å². The lowest BCUT2D eigenvalue weighted by Gasteiger charge is -2.20. The van der Waals surface area contributed by atoms with E-state index < -0.39 is 0 Å². The molecule has 0 amide bonds. The molecule has 0 aromatic carbocycles. The Labute approximate surface area is 136 Å². The van der Waals surface area contributed by atoms with Crippen molar-refractivity contribution in [2.45, 2.75) is 46.7 Å². The Morgan fingerprint density at radius 2 is 2.09 bits per heavy atom. The number of anilines is 1. The highest BCUT2D eigenvalue weighted by Crippen LogP contribution is 2.28. The third kappa shape index (κ3) is 2.81. The molecule has 0 radical (unpaired) electrons. The Morgan fingerprint density at radius 3 is 2.70 bits per heavy atom. The second-order valence-corrected chi connectivity index (χ2v) is 6.09. The number of aryl methyl sites for hydroxylation is 2. The zero-order chi connectivity index (χ0) is 16.6. The molecule has 0 atom stereocenters. The van der Waals surface area contributed by atoms with Crippen molar-refractivity contribution in [1.82, 2.24) is 19.7 Å². The summed E-state index contributed by atoms with van der Waals surface area (Å²) in [7, 11) is 2.02. The van der Waals surface area contributed by atoms with Crippen LogP contribution in [0.4, 0.5) is 5.82 Å². The van der Waals surface area contributed by atoms with Crippen LogP contribution in [0.25, 0.3) is 11.0 Å². The van der Waals surface area contributed by atoms with Crippen LogP contribution < -0.4 is 4.90 Å². The van der Waals surface area contributed by atoms with E-state index in [-0.39, 0.29) is 5.92 Å². The predicted octanol–water partition coefficient (Wildman–Crippen LogP) is 3.51. The van der Waals surface area contributed by atoms with Gasteiger partial charge >= 0.3 is 0 Å². The van der Waals surface area contributed by atoms with Crippen molar-refractivity contribution in [2.24, 2.45) is 0 Å². The maximum absolute atomic E-state index is 5.47. The van der Waals surface area contributed by atoms with Crippen molar-refractivity contribution in [3.8, 4) is 0 Å². The molecule has 3 aromatic heterocycles. The van der Waals surface area contributed by atoms with Crippen LogP contribution in [0.2, 0.25) is 0 Å². The minimum Gasteiger partial charge on any atom is -0.467 e. The van der Waals surface area contributed by atoms with Crippen LogP contribution in [0.3, 0.4) is 0 Å². The van der Waals surface area contributed by atoms with Gasteiger partial charge in [-0.1, -0.05) is 13.8 Å². The summed E-state index contributed by atoms with van der Waals surface area (Å²) in [4.78, 5) is 11.7. The van der Waals surface area contributed by atoms with Gasteiger partial charge in [-0.15, -0.1) is 0 Å². The van der Waals surface area contributed by atoms with Gasteiger partial charge in [-0.25, -0.2) is 9.97 Å². The molecule has 3 heterocycles. The van der Waals surface area contributed by atoms with Gasteiger partial charge in [0.2, 0.25) is 0 Å². The second kappa shape index (κ2) is 6.02. The van der Waals surface area contributed by atoms with E-state index in [1.807, 2.05) is 30.8 Å². The lowest BCUT2D eigenvalue weighted by Crippen LogP contribution is -2.20. The lowest BCUT2D eigenvalue weighted by atomic mass is 10.2. The monoisotopic (exact) mass is 313 g/mol. The summed E-state index contributed by atoms with van der Waals surface area (Å²) in [6.07, 6.45) is 1.69. The minimum atomic E-state index is 0.263. The average molecular weight is 313 g/mol. The summed E-state index contributed by atoms with van der Waals surface area (Å²) in [5.41, 5.74) is 2.87. The van der Waals surface area contributed by atoms with E-state index in [0.29, 0.717) is 6.54 Å². The molecule has 6 nitrogen and oxygen atoms in total. The van der Waals surface area contributed by atoms with Crippen LogP contribution in [0.5, 0.6) is 0 Å².